The van der Waals surface area contributed by atoms with Crippen LogP contribution in [0.5, 0.6) is 5.75 Å². The normalized spacial score (nSPS) is 12.4. The summed E-state index contributed by atoms with van der Waals surface area (Å²) >= 11 is 0. The topological polar surface area (TPSA) is 101 Å². The number of quaternary nitrogens is 1. The molecule has 0 heterocycles. The number of carbonyl (C=O) groups excluding carboxylic acids is 3. The Bertz CT molecular complexity index is 866. The molecule has 0 saturated carbocycles. The van der Waals surface area contributed by atoms with Crippen LogP contribution in [0.15, 0.2) is 48.5 Å². The number of likely N-dealkylation sites (N-methyl/N-ethyl adjacent to an activating group) is 1. The summed E-state index contributed by atoms with van der Waals surface area (Å²) in [5.41, 5.74) is 1.95. The van der Waals surface area contributed by atoms with Gasteiger partial charge in [-0.25, -0.2) is 0 Å². The van der Waals surface area contributed by atoms with E-state index in [2.05, 4.69) is 16.0 Å². The van der Waals surface area contributed by atoms with Gasteiger partial charge in [-0.15, -0.1) is 0 Å². The molecule has 0 radical (unpaired) electrons. The predicted molar refractivity (Wildman–Crippen MR) is 117 cm³/mol. The van der Waals surface area contributed by atoms with Gasteiger partial charge in [0.05, 0.1) is 13.7 Å². The zero-order valence-electron chi connectivity index (χ0n) is 17.7. The highest BCUT2D eigenvalue weighted by Crippen LogP contribution is 2.15. The van der Waals surface area contributed by atoms with E-state index in [-0.39, 0.29) is 24.3 Å². The molecule has 0 aliphatic carbocycles. The molecule has 2 rings (SSSR count). The Balaban J connectivity index is 1.91. The molecule has 30 heavy (non-hydrogen) atoms. The summed E-state index contributed by atoms with van der Waals surface area (Å²) in [6.07, 6.45) is 0. The van der Waals surface area contributed by atoms with Crippen LogP contribution in [0, 0.1) is 0 Å². The Morgan fingerprint density at radius 3 is 1.90 bits per heavy atom. The lowest BCUT2D eigenvalue weighted by Crippen LogP contribution is -3.17. The van der Waals surface area contributed by atoms with Crippen LogP contribution in [0.1, 0.15) is 20.8 Å². The van der Waals surface area contributed by atoms with E-state index in [0.29, 0.717) is 29.4 Å². The van der Waals surface area contributed by atoms with Gasteiger partial charge in [0.25, 0.3) is 11.8 Å². The van der Waals surface area contributed by atoms with E-state index in [9.17, 15) is 14.4 Å². The first-order valence-electron chi connectivity index (χ1n) is 9.79. The molecule has 0 saturated heterocycles. The van der Waals surface area contributed by atoms with Crippen molar-refractivity contribution in [1.29, 1.82) is 0 Å². The molecule has 0 bridgehead atoms. The van der Waals surface area contributed by atoms with E-state index >= 15 is 0 Å². The minimum atomic E-state index is -0.424. The summed E-state index contributed by atoms with van der Waals surface area (Å²) in [6.45, 7) is 5.94. The van der Waals surface area contributed by atoms with Crippen LogP contribution in [0.2, 0.25) is 0 Å². The van der Waals surface area contributed by atoms with Crippen molar-refractivity contribution in [2.45, 2.75) is 26.8 Å². The van der Waals surface area contributed by atoms with Gasteiger partial charge in [0.15, 0.2) is 12.6 Å². The molecule has 0 spiro atoms. The standard InChI is InChI=1S/C22H28N4O4/c1-5-26(14-21(28)24-18-10-12-20(30-4)13-11-18)15(2)22(29)25-19-8-6-17(7-9-19)23-16(3)27/h6-13,15H,5,14H2,1-4H3,(H,23,27)(H,24,28)(H,25,29)/p+1/t15-/m0/s1. The van der Waals surface area contributed by atoms with Gasteiger partial charge in [0.1, 0.15) is 5.75 Å². The molecule has 160 valence electrons. The molecule has 8 nitrogen and oxygen atoms in total. The van der Waals surface area contributed by atoms with E-state index in [1.54, 1.807) is 62.6 Å². The van der Waals surface area contributed by atoms with Crippen molar-refractivity contribution >= 4 is 34.8 Å². The fraction of sp³-hybridized carbons (Fsp3) is 0.318. The summed E-state index contributed by atoms with van der Waals surface area (Å²) in [5, 5.41) is 8.37. The van der Waals surface area contributed by atoms with Crippen LogP contribution in [0.4, 0.5) is 17.1 Å². The highest BCUT2D eigenvalue weighted by atomic mass is 16.5. The number of anilines is 3. The van der Waals surface area contributed by atoms with E-state index in [0.717, 1.165) is 4.90 Å². The number of carbonyl (C=O) groups is 3. The van der Waals surface area contributed by atoms with Gasteiger partial charge in [-0.2, -0.15) is 0 Å². The highest BCUT2D eigenvalue weighted by Gasteiger charge is 2.26. The van der Waals surface area contributed by atoms with Crippen molar-refractivity contribution in [2.75, 3.05) is 36.1 Å². The first-order valence-corrected chi connectivity index (χ1v) is 9.79. The zero-order chi connectivity index (χ0) is 22.1. The van der Waals surface area contributed by atoms with E-state index in [1.165, 1.54) is 6.92 Å². The van der Waals surface area contributed by atoms with Crippen molar-refractivity contribution in [3.63, 3.8) is 0 Å². The van der Waals surface area contributed by atoms with Crippen LogP contribution in [0.25, 0.3) is 0 Å². The smallest absolute Gasteiger partial charge is 0.282 e. The molecule has 1 unspecified atom stereocenters. The van der Waals surface area contributed by atoms with Gasteiger partial charge in [-0.1, -0.05) is 0 Å². The highest BCUT2D eigenvalue weighted by molar-refractivity contribution is 5.95. The van der Waals surface area contributed by atoms with E-state index < -0.39 is 6.04 Å². The summed E-state index contributed by atoms with van der Waals surface area (Å²) < 4.78 is 5.11. The maximum absolute atomic E-state index is 12.6. The molecule has 2 aromatic carbocycles. The third-order valence-electron chi connectivity index (χ3n) is 4.69. The maximum Gasteiger partial charge on any atom is 0.282 e. The van der Waals surface area contributed by atoms with Gasteiger partial charge >= 0.3 is 0 Å². The first kappa shape index (κ1) is 22.9. The summed E-state index contributed by atoms with van der Waals surface area (Å²) in [7, 11) is 1.58. The molecule has 2 aromatic rings. The Hall–Kier alpha value is -3.39. The van der Waals surface area contributed by atoms with Gasteiger partial charge in [0, 0.05) is 24.0 Å². The van der Waals surface area contributed by atoms with E-state index in [4.69, 9.17) is 4.74 Å². The van der Waals surface area contributed by atoms with Crippen LogP contribution >= 0.6 is 0 Å². The summed E-state index contributed by atoms with van der Waals surface area (Å²) in [4.78, 5) is 37.0. The van der Waals surface area contributed by atoms with Crippen LogP contribution in [-0.2, 0) is 14.4 Å². The van der Waals surface area contributed by atoms with Gasteiger partial charge in [0.2, 0.25) is 5.91 Å². The van der Waals surface area contributed by atoms with Gasteiger partial charge in [-0.05, 0) is 62.4 Å². The molecular weight excluding hydrogens is 384 g/mol. The number of amides is 3. The predicted octanol–water partition coefficient (Wildman–Crippen LogP) is 1.52. The summed E-state index contributed by atoms with van der Waals surface area (Å²) in [5.74, 6) is 0.201. The minimum Gasteiger partial charge on any atom is -0.497 e. The second kappa shape index (κ2) is 11.0. The van der Waals surface area contributed by atoms with E-state index in [1.807, 2.05) is 6.92 Å². The molecular formula is C22H29N4O4+. The molecule has 8 heteroatoms. The zero-order valence-corrected chi connectivity index (χ0v) is 17.7. The molecule has 0 aliphatic heterocycles. The first-order chi connectivity index (χ1) is 14.3. The van der Waals surface area contributed by atoms with Crippen LogP contribution < -0.4 is 25.6 Å². The van der Waals surface area contributed by atoms with Crippen molar-refractivity contribution in [3.05, 3.63) is 48.5 Å². The van der Waals surface area contributed by atoms with Crippen molar-refractivity contribution < 1.29 is 24.0 Å². The van der Waals surface area contributed by atoms with Crippen molar-refractivity contribution in [1.82, 2.24) is 0 Å². The molecule has 0 aromatic heterocycles. The average Bonchev–Trinajstić information content (AvgIpc) is 2.73. The summed E-state index contributed by atoms with van der Waals surface area (Å²) in [6, 6.07) is 13.5. The maximum atomic E-state index is 12.6. The third kappa shape index (κ3) is 6.89. The van der Waals surface area contributed by atoms with Crippen molar-refractivity contribution in [2.24, 2.45) is 0 Å². The quantitative estimate of drug-likeness (QED) is 0.501. The monoisotopic (exact) mass is 413 g/mol. The lowest BCUT2D eigenvalue weighted by atomic mass is 10.2. The Morgan fingerprint density at radius 1 is 0.900 bits per heavy atom. The van der Waals surface area contributed by atoms with Crippen LogP contribution in [-0.4, -0.2) is 44.0 Å². The SMILES string of the molecule is CC[NH+](CC(=O)Nc1ccc(OC)cc1)[C@@H](C)C(=O)Nc1ccc(NC(C)=O)cc1. The number of benzene rings is 2. The third-order valence-corrected chi connectivity index (χ3v) is 4.69. The molecule has 2 atom stereocenters. The fourth-order valence-corrected chi connectivity index (χ4v) is 2.95. The van der Waals surface area contributed by atoms with Gasteiger partial charge in [-0.3, -0.25) is 14.4 Å². The number of hydrogen-bond donors (Lipinski definition) is 4. The van der Waals surface area contributed by atoms with Gasteiger partial charge < -0.3 is 25.6 Å². The number of nitrogens with one attached hydrogen (secondary N) is 4. The minimum absolute atomic E-state index is 0.157. The Kier molecular flexibility index (Phi) is 8.37. The number of rotatable bonds is 9. The lowest BCUT2D eigenvalue weighted by Gasteiger charge is -2.23. The van der Waals surface area contributed by atoms with Crippen LogP contribution in [0.3, 0.4) is 0 Å². The lowest BCUT2D eigenvalue weighted by molar-refractivity contribution is -0.904. The average molecular weight is 413 g/mol. The molecule has 0 fully saturated rings. The fourth-order valence-electron chi connectivity index (χ4n) is 2.95. The van der Waals surface area contributed by atoms with Crippen molar-refractivity contribution in [3.8, 4) is 5.75 Å². The Labute approximate surface area is 176 Å². The Morgan fingerprint density at radius 2 is 1.40 bits per heavy atom. The number of ether oxygens (including phenoxy) is 1. The second-order valence-corrected chi connectivity index (χ2v) is 6.93. The molecule has 3 amide bonds. The largest absolute Gasteiger partial charge is 0.497 e. The number of hydrogen-bond acceptors (Lipinski definition) is 4. The second-order valence-electron chi connectivity index (χ2n) is 6.93. The molecule has 4 N–H and O–H groups in total. The number of methoxy groups -OCH3 is 1. The molecule has 0 aliphatic rings.